The number of para-hydroxylation sites is 1. The number of hydrogen-bond donors (Lipinski definition) is 1. The molecule has 0 unspecified atom stereocenters. The first kappa shape index (κ1) is 20.1. The molecule has 0 radical (unpaired) electrons. The highest BCUT2D eigenvalue weighted by Gasteiger charge is 2.19. The van der Waals surface area contributed by atoms with Crippen LogP contribution in [0.15, 0.2) is 42.5 Å². The molecule has 0 spiro atoms. The van der Waals surface area contributed by atoms with Crippen LogP contribution in [0.2, 0.25) is 5.02 Å². The Hall–Kier alpha value is -2.19. The number of carbonyl (C=O) groups excluding carboxylic acids is 1. The number of amides is 1. The van der Waals surface area contributed by atoms with Crippen molar-refractivity contribution in [2.45, 2.75) is 12.8 Å². The number of carbonyl (C=O) groups is 1. The van der Waals surface area contributed by atoms with Crippen LogP contribution in [0.25, 0.3) is 0 Å². The van der Waals surface area contributed by atoms with Gasteiger partial charge >= 0.3 is 0 Å². The third-order valence-corrected chi connectivity index (χ3v) is 5.03. The second-order valence-electron chi connectivity index (χ2n) is 5.57. The molecule has 0 saturated carbocycles. The van der Waals surface area contributed by atoms with Crippen LogP contribution < -0.4 is 9.62 Å². The first-order chi connectivity index (χ1) is 12.2. The molecule has 0 aliphatic rings. The van der Waals surface area contributed by atoms with E-state index < -0.39 is 21.7 Å². The Morgan fingerprint density at radius 3 is 2.46 bits per heavy atom. The summed E-state index contributed by atoms with van der Waals surface area (Å²) in [5.74, 6) is -2.55. The standard InChI is InChI=1S/C17H17ClF2N2O3S/c1-26(24,25)22(12-8-9-14(19)15(20)11-12)10-4-7-17(23)21-16-6-3-2-5-13(16)18/h2-3,5-6,8-9,11H,4,7,10H2,1H3,(H,21,23). The first-order valence-corrected chi connectivity index (χ1v) is 9.88. The van der Waals surface area contributed by atoms with E-state index in [1.165, 1.54) is 6.07 Å². The van der Waals surface area contributed by atoms with Crippen LogP contribution >= 0.6 is 11.6 Å². The van der Waals surface area contributed by atoms with E-state index in [1.807, 2.05) is 0 Å². The maximum absolute atomic E-state index is 13.4. The van der Waals surface area contributed by atoms with E-state index in [4.69, 9.17) is 11.6 Å². The Morgan fingerprint density at radius 1 is 1.15 bits per heavy atom. The summed E-state index contributed by atoms with van der Waals surface area (Å²) < 4.78 is 51.2. The van der Waals surface area contributed by atoms with E-state index in [-0.39, 0.29) is 31.0 Å². The normalized spacial score (nSPS) is 11.2. The maximum atomic E-state index is 13.4. The molecule has 0 heterocycles. The Bertz CT molecular complexity index is 907. The molecule has 26 heavy (non-hydrogen) atoms. The van der Waals surface area contributed by atoms with Gasteiger partial charge in [0.1, 0.15) is 0 Å². The summed E-state index contributed by atoms with van der Waals surface area (Å²) in [6.45, 7) is -0.0557. The van der Waals surface area contributed by atoms with Crippen molar-refractivity contribution < 1.29 is 22.0 Å². The van der Waals surface area contributed by atoms with Gasteiger partial charge in [0.25, 0.3) is 0 Å². The van der Waals surface area contributed by atoms with Gasteiger partial charge in [-0.2, -0.15) is 0 Å². The zero-order chi connectivity index (χ0) is 19.3. The number of anilines is 2. The monoisotopic (exact) mass is 402 g/mol. The highest BCUT2D eigenvalue weighted by atomic mass is 35.5. The zero-order valence-electron chi connectivity index (χ0n) is 13.9. The molecule has 2 aromatic rings. The number of sulfonamides is 1. The Balaban J connectivity index is 2.01. The van der Waals surface area contributed by atoms with Gasteiger partial charge in [-0.1, -0.05) is 23.7 Å². The zero-order valence-corrected chi connectivity index (χ0v) is 15.4. The van der Waals surface area contributed by atoms with E-state index in [1.54, 1.807) is 24.3 Å². The number of rotatable bonds is 7. The molecule has 0 aromatic heterocycles. The predicted octanol–water partition coefficient (Wildman–Crippen LogP) is 3.80. The van der Waals surface area contributed by atoms with Gasteiger partial charge in [-0.3, -0.25) is 9.10 Å². The summed E-state index contributed by atoms with van der Waals surface area (Å²) in [4.78, 5) is 12.0. The molecule has 0 aliphatic heterocycles. The Morgan fingerprint density at radius 2 is 1.85 bits per heavy atom. The molecule has 5 nitrogen and oxygen atoms in total. The summed E-state index contributed by atoms with van der Waals surface area (Å²) in [5, 5.41) is 3.02. The van der Waals surface area contributed by atoms with E-state index in [2.05, 4.69) is 5.32 Å². The van der Waals surface area contributed by atoms with Crippen LogP contribution in [0.3, 0.4) is 0 Å². The van der Waals surface area contributed by atoms with Crippen LogP contribution in [0, 0.1) is 11.6 Å². The van der Waals surface area contributed by atoms with Gasteiger partial charge in [-0.15, -0.1) is 0 Å². The lowest BCUT2D eigenvalue weighted by Gasteiger charge is -2.22. The fraction of sp³-hybridized carbons (Fsp3) is 0.235. The lowest BCUT2D eigenvalue weighted by atomic mass is 10.2. The molecule has 9 heteroatoms. The van der Waals surface area contributed by atoms with Gasteiger partial charge in [0.15, 0.2) is 11.6 Å². The highest BCUT2D eigenvalue weighted by Crippen LogP contribution is 2.22. The topological polar surface area (TPSA) is 66.5 Å². The fourth-order valence-electron chi connectivity index (χ4n) is 2.29. The quantitative estimate of drug-likeness (QED) is 0.766. The summed E-state index contributed by atoms with van der Waals surface area (Å²) in [6, 6.07) is 9.55. The smallest absolute Gasteiger partial charge is 0.232 e. The SMILES string of the molecule is CS(=O)(=O)N(CCCC(=O)Nc1ccccc1Cl)c1ccc(F)c(F)c1. The molecule has 140 valence electrons. The molecular weight excluding hydrogens is 386 g/mol. The molecule has 0 bridgehead atoms. The molecule has 1 amide bonds. The van der Waals surface area contributed by atoms with Crippen molar-refractivity contribution in [1.29, 1.82) is 0 Å². The number of hydrogen-bond acceptors (Lipinski definition) is 3. The number of halogens is 3. The van der Waals surface area contributed by atoms with Gasteiger partial charge in [0.2, 0.25) is 15.9 Å². The minimum atomic E-state index is -3.72. The summed E-state index contributed by atoms with van der Waals surface area (Å²) >= 11 is 5.95. The van der Waals surface area contributed by atoms with Gasteiger partial charge in [0, 0.05) is 19.0 Å². The van der Waals surface area contributed by atoms with Crippen LogP contribution in [0.4, 0.5) is 20.2 Å². The summed E-state index contributed by atoms with van der Waals surface area (Å²) in [5.41, 5.74) is 0.456. The number of nitrogens with one attached hydrogen (secondary N) is 1. The van der Waals surface area contributed by atoms with Gasteiger partial charge in [-0.05, 0) is 30.7 Å². The average molecular weight is 403 g/mol. The van der Waals surface area contributed by atoms with E-state index in [0.29, 0.717) is 10.7 Å². The molecule has 0 saturated heterocycles. The Labute approximate surface area is 155 Å². The minimum absolute atomic E-state index is 0.00193. The van der Waals surface area contributed by atoms with Crippen LogP contribution in [0.1, 0.15) is 12.8 Å². The van der Waals surface area contributed by atoms with Crippen molar-refractivity contribution in [1.82, 2.24) is 0 Å². The number of nitrogens with zero attached hydrogens (tertiary/aromatic N) is 1. The largest absolute Gasteiger partial charge is 0.325 e. The maximum Gasteiger partial charge on any atom is 0.232 e. The first-order valence-electron chi connectivity index (χ1n) is 7.65. The van der Waals surface area contributed by atoms with Gasteiger partial charge < -0.3 is 5.32 Å². The predicted molar refractivity (Wildman–Crippen MR) is 97.9 cm³/mol. The lowest BCUT2D eigenvalue weighted by molar-refractivity contribution is -0.116. The van der Waals surface area contributed by atoms with Crippen molar-refractivity contribution in [3.8, 4) is 0 Å². The van der Waals surface area contributed by atoms with Crippen molar-refractivity contribution in [3.63, 3.8) is 0 Å². The van der Waals surface area contributed by atoms with Crippen LogP contribution in [-0.2, 0) is 14.8 Å². The third kappa shape index (κ3) is 5.40. The highest BCUT2D eigenvalue weighted by molar-refractivity contribution is 7.92. The average Bonchev–Trinajstić information content (AvgIpc) is 2.55. The van der Waals surface area contributed by atoms with Crippen LogP contribution in [-0.4, -0.2) is 27.1 Å². The number of benzene rings is 2. The molecule has 2 rings (SSSR count). The lowest BCUT2D eigenvalue weighted by Crippen LogP contribution is -2.31. The molecular formula is C17H17ClF2N2O3S. The second kappa shape index (κ2) is 8.46. The third-order valence-electron chi connectivity index (χ3n) is 3.50. The van der Waals surface area contributed by atoms with Crippen molar-refractivity contribution >= 4 is 38.9 Å². The fourth-order valence-corrected chi connectivity index (χ4v) is 3.43. The van der Waals surface area contributed by atoms with Crippen molar-refractivity contribution in [2.75, 3.05) is 22.4 Å². The van der Waals surface area contributed by atoms with E-state index in [0.717, 1.165) is 22.7 Å². The van der Waals surface area contributed by atoms with Crippen LogP contribution in [0.5, 0.6) is 0 Å². The molecule has 0 atom stereocenters. The Kier molecular flexibility index (Phi) is 6.55. The van der Waals surface area contributed by atoms with Crippen molar-refractivity contribution in [3.05, 3.63) is 59.1 Å². The molecule has 0 aliphatic carbocycles. The van der Waals surface area contributed by atoms with E-state index >= 15 is 0 Å². The van der Waals surface area contributed by atoms with Gasteiger partial charge in [0.05, 0.1) is 22.7 Å². The second-order valence-corrected chi connectivity index (χ2v) is 7.88. The summed E-state index contributed by atoms with van der Waals surface area (Å²) in [7, 11) is -3.72. The molecule has 2 aromatic carbocycles. The van der Waals surface area contributed by atoms with E-state index in [9.17, 15) is 22.0 Å². The van der Waals surface area contributed by atoms with Gasteiger partial charge in [-0.25, -0.2) is 17.2 Å². The molecule has 0 fully saturated rings. The van der Waals surface area contributed by atoms with Crippen molar-refractivity contribution in [2.24, 2.45) is 0 Å². The minimum Gasteiger partial charge on any atom is -0.325 e. The summed E-state index contributed by atoms with van der Waals surface area (Å²) in [6.07, 6.45) is 1.17. The molecule has 1 N–H and O–H groups in total.